The summed E-state index contributed by atoms with van der Waals surface area (Å²) < 4.78 is 0. The van der Waals surface area contributed by atoms with Gasteiger partial charge in [-0.3, -0.25) is 0 Å². The minimum absolute atomic E-state index is 0.653. The van der Waals surface area contributed by atoms with Crippen LogP contribution in [0.2, 0.25) is 0 Å². The number of rotatable bonds is 4. The second kappa shape index (κ2) is 5.16. The van der Waals surface area contributed by atoms with Crippen molar-refractivity contribution in [3.05, 3.63) is 34.9 Å². The Morgan fingerprint density at radius 3 is 2.57 bits per heavy atom. The summed E-state index contributed by atoms with van der Waals surface area (Å²) in [7, 11) is 2.02. The lowest BCUT2D eigenvalue weighted by Gasteiger charge is -2.17. The Hall–Kier alpha value is -0.820. The molecule has 0 saturated heterocycles. The van der Waals surface area contributed by atoms with Crippen molar-refractivity contribution in [2.45, 2.75) is 33.1 Å². The van der Waals surface area contributed by atoms with Gasteiger partial charge in [-0.15, -0.1) is 0 Å². The average Bonchev–Trinajstić information content (AvgIpc) is 2.18. The third-order valence-electron chi connectivity index (χ3n) is 2.82. The smallest absolute Gasteiger partial charge is 0.00171 e. The third-order valence-corrected chi connectivity index (χ3v) is 2.82. The van der Waals surface area contributed by atoms with Gasteiger partial charge >= 0.3 is 0 Å². The highest BCUT2D eigenvalue weighted by molar-refractivity contribution is 5.33. The van der Waals surface area contributed by atoms with Gasteiger partial charge in [0, 0.05) is 6.54 Å². The topological polar surface area (TPSA) is 12.0 Å². The first-order valence-electron chi connectivity index (χ1n) is 5.40. The molecule has 0 amide bonds. The van der Waals surface area contributed by atoms with Crippen LogP contribution in [0.15, 0.2) is 18.2 Å². The molecule has 0 aliphatic rings. The minimum atomic E-state index is 0.653. The Balaban J connectivity index is 2.96. The van der Waals surface area contributed by atoms with Crippen LogP contribution in [-0.4, -0.2) is 13.6 Å². The molecule has 78 valence electrons. The molecule has 0 heterocycles. The Kier molecular flexibility index (Phi) is 4.15. The molecule has 0 aromatic heterocycles. The third kappa shape index (κ3) is 2.58. The molecule has 0 spiro atoms. The number of likely N-dealkylation sites (N-methyl/N-ethyl adjacent to an activating group) is 1. The zero-order chi connectivity index (χ0) is 10.6. The summed E-state index contributed by atoms with van der Waals surface area (Å²) in [5, 5.41) is 3.26. The van der Waals surface area contributed by atoms with E-state index in [1.807, 2.05) is 7.05 Å². The van der Waals surface area contributed by atoms with Gasteiger partial charge in [0.05, 0.1) is 0 Å². The van der Waals surface area contributed by atoms with Crippen LogP contribution >= 0.6 is 0 Å². The number of hydrogen-bond acceptors (Lipinski definition) is 1. The SMILES string of the molecule is CCC(CNC)c1cc(C)ccc1C. The molecule has 1 aromatic rings. The van der Waals surface area contributed by atoms with Crippen molar-refractivity contribution in [2.75, 3.05) is 13.6 Å². The van der Waals surface area contributed by atoms with Crippen LogP contribution in [-0.2, 0) is 0 Å². The summed E-state index contributed by atoms with van der Waals surface area (Å²) in [4.78, 5) is 0. The van der Waals surface area contributed by atoms with Crippen LogP contribution < -0.4 is 5.32 Å². The van der Waals surface area contributed by atoms with Gasteiger partial charge in [0.15, 0.2) is 0 Å². The first-order valence-corrected chi connectivity index (χ1v) is 5.40. The summed E-state index contributed by atoms with van der Waals surface area (Å²) in [5.74, 6) is 0.653. The standard InChI is InChI=1S/C13H21N/c1-5-12(9-14-4)13-8-10(2)6-7-11(13)3/h6-8,12,14H,5,9H2,1-4H3. The van der Waals surface area contributed by atoms with Crippen LogP contribution in [0.1, 0.15) is 36.0 Å². The molecular formula is C13H21N. The molecule has 1 unspecified atom stereocenters. The number of hydrogen-bond donors (Lipinski definition) is 1. The van der Waals surface area contributed by atoms with Gasteiger partial charge in [-0.25, -0.2) is 0 Å². The Morgan fingerprint density at radius 2 is 2.00 bits per heavy atom. The predicted molar refractivity (Wildman–Crippen MR) is 62.9 cm³/mol. The molecule has 1 aromatic carbocycles. The second-order valence-electron chi connectivity index (χ2n) is 4.02. The highest BCUT2D eigenvalue weighted by Crippen LogP contribution is 2.23. The van der Waals surface area contributed by atoms with Crippen molar-refractivity contribution in [1.82, 2.24) is 5.32 Å². The number of benzene rings is 1. The van der Waals surface area contributed by atoms with Gasteiger partial charge in [0.2, 0.25) is 0 Å². The summed E-state index contributed by atoms with van der Waals surface area (Å²) in [5.41, 5.74) is 4.28. The molecule has 0 radical (unpaired) electrons. The van der Waals surface area contributed by atoms with E-state index in [1.165, 1.54) is 23.1 Å². The molecule has 0 aliphatic heterocycles. The molecule has 1 atom stereocenters. The molecule has 0 fully saturated rings. The molecule has 0 bridgehead atoms. The van der Waals surface area contributed by atoms with Crippen LogP contribution in [0, 0.1) is 13.8 Å². The fraction of sp³-hybridized carbons (Fsp3) is 0.538. The van der Waals surface area contributed by atoms with E-state index in [9.17, 15) is 0 Å². The first-order chi connectivity index (χ1) is 6.69. The fourth-order valence-electron chi connectivity index (χ4n) is 1.92. The van der Waals surface area contributed by atoms with Crippen LogP contribution in [0.5, 0.6) is 0 Å². The van der Waals surface area contributed by atoms with Crippen LogP contribution in [0.3, 0.4) is 0 Å². The number of aryl methyl sites for hydroxylation is 2. The lowest BCUT2D eigenvalue weighted by Crippen LogP contribution is -2.17. The largest absolute Gasteiger partial charge is 0.319 e. The van der Waals surface area contributed by atoms with E-state index in [0.717, 1.165) is 6.54 Å². The molecule has 1 rings (SSSR count). The summed E-state index contributed by atoms with van der Waals surface area (Å²) >= 11 is 0. The van der Waals surface area contributed by atoms with E-state index in [-0.39, 0.29) is 0 Å². The van der Waals surface area contributed by atoms with E-state index in [1.54, 1.807) is 0 Å². The van der Waals surface area contributed by atoms with Crippen molar-refractivity contribution in [1.29, 1.82) is 0 Å². The maximum absolute atomic E-state index is 3.26. The fourth-order valence-corrected chi connectivity index (χ4v) is 1.92. The lowest BCUT2D eigenvalue weighted by molar-refractivity contribution is 0.608. The van der Waals surface area contributed by atoms with Crippen molar-refractivity contribution in [3.8, 4) is 0 Å². The van der Waals surface area contributed by atoms with Gasteiger partial charge in [0.1, 0.15) is 0 Å². The van der Waals surface area contributed by atoms with E-state index in [2.05, 4.69) is 44.3 Å². The van der Waals surface area contributed by atoms with Gasteiger partial charge in [0.25, 0.3) is 0 Å². The summed E-state index contributed by atoms with van der Waals surface area (Å²) in [6.45, 7) is 7.69. The van der Waals surface area contributed by atoms with E-state index >= 15 is 0 Å². The summed E-state index contributed by atoms with van der Waals surface area (Å²) in [6.07, 6.45) is 1.20. The van der Waals surface area contributed by atoms with Crippen LogP contribution in [0.4, 0.5) is 0 Å². The average molecular weight is 191 g/mol. The van der Waals surface area contributed by atoms with Gasteiger partial charge < -0.3 is 5.32 Å². The lowest BCUT2D eigenvalue weighted by atomic mass is 9.91. The monoisotopic (exact) mass is 191 g/mol. The van der Waals surface area contributed by atoms with Gasteiger partial charge in [-0.05, 0) is 44.4 Å². The Bertz CT molecular complexity index is 291. The highest BCUT2D eigenvalue weighted by Gasteiger charge is 2.10. The van der Waals surface area contributed by atoms with Gasteiger partial charge in [-0.1, -0.05) is 30.7 Å². The number of nitrogens with one attached hydrogen (secondary N) is 1. The van der Waals surface area contributed by atoms with Crippen molar-refractivity contribution < 1.29 is 0 Å². The van der Waals surface area contributed by atoms with E-state index < -0.39 is 0 Å². The van der Waals surface area contributed by atoms with Gasteiger partial charge in [-0.2, -0.15) is 0 Å². The maximum Gasteiger partial charge on any atom is 0.00171 e. The van der Waals surface area contributed by atoms with Crippen molar-refractivity contribution in [2.24, 2.45) is 0 Å². The van der Waals surface area contributed by atoms with Crippen molar-refractivity contribution >= 4 is 0 Å². The molecular weight excluding hydrogens is 170 g/mol. The molecule has 1 nitrogen and oxygen atoms in total. The maximum atomic E-state index is 3.26. The molecule has 0 aliphatic carbocycles. The van der Waals surface area contributed by atoms with E-state index in [4.69, 9.17) is 0 Å². The Morgan fingerprint density at radius 1 is 1.29 bits per heavy atom. The molecule has 1 N–H and O–H groups in total. The van der Waals surface area contributed by atoms with Crippen molar-refractivity contribution in [3.63, 3.8) is 0 Å². The van der Waals surface area contributed by atoms with E-state index in [0.29, 0.717) is 5.92 Å². The van der Waals surface area contributed by atoms with Crippen LogP contribution in [0.25, 0.3) is 0 Å². The second-order valence-corrected chi connectivity index (χ2v) is 4.02. The molecule has 14 heavy (non-hydrogen) atoms. The highest BCUT2D eigenvalue weighted by atomic mass is 14.8. The quantitative estimate of drug-likeness (QED) is 0.771. The zero-order valence-electron chi connectivity index (χ0n) is 9.72. The molecule has 0 saturated carbocycles. The Labute approximate surface area is 87.5 Å². The molecule has 1 heteroatoms. The zero-order valence-corrected chi connectivity index (χ0v) is 9.72. The normalized spacial score (nSPS) is 12.9. The minimum Gasteiger partial charge on any atom is -0.319 e. The summed E-state index contributed by atoms with van der Waals surface area (Å²) in [6, 6.07) is 6.73. The first kappa shape index (κ1) is 11.3. The predicted octanol–water partition coefficient (Wildman–Crippen LogP) is 3.02.